The first-order valence-corrected chi connectivity index (χ1v) is 12.6. The first-order chi connectivity index (χ1) is 17.0. The van der Waals surface area contributed by atoms with Crippen LogP contribution in [-0.2, 0) is 14.3 Å². The molecular weight excluding hydrogens is 444 g/mol. The van der Waals surface area contributed by atoms with E-state index in [0.717, 1.165) is 25.7 Å². The van der Waals surface area contributed by atoms with Gasteiger partial charge < -0.3 is 20.1 Å². The highest BCUT2D eigenvalue weighted by atomic mass is 16.5. The molecule has 0 bridgehead atoms. The third kappa shape index (κ3) is 3.68. The molecule has 1 unspecified atom stereocenters. The number of carbonyl (C=O) groups excluding carboxylic acids is 2. The van der Waals surface area contributed by atoms with Crippen LogP contribution >= 0.6 is 0 Å². The Morgan fingerprint density at radius 3 is 2.37 bits per heavy atom. The topological polar surface area (TPSA) is 95.9 Å². The Balaban J connectivity index is 1.07. The number of carbonyl (C=O) groups is 3. The van der Waals surface area contributed by atoms with E-state index in [1.165, 1.54) is 22.3 Å². The number of nitrogens with one attached hydrogen (secondary N) is 1. The Kier molecular flexibility index (Phi) is 5.31. The van der Waals surface area contributed by atoms with E-state index in [0.29, 0.717) is 19.4 Å². The summed E-state index contributed by atoms with van der Waals surface area (Å²) in [6.45, 7) is 0.767. The number of likely N-dealkylation sites (tertiary alicyclic amines) is 1. The fourth-order valence-corrected chi connectivity index (χ4v) is 6.79. The number of alkyl carbamates (subject to hydrolysis) is 1. The lowest BCUT2D eigenvalue weighted by atomic mass is 9.95. The van der Waals surface area contributed by atoms with Crippen molar-refractivity contribution in [2.45, 2.75) is 56.5 Å². The van der Waals surface area contributed by atoms with Crippen LogP contribution in [0, 0.1) is 11.3 Å². The van der Waals surface area contributed by atoms with Crippen molar-refractivity contribution in [2.24, 2.45) is 11.3 Å². The third-order valence-corrected chi connectivity index (χ3v) is 8.55. The van der Waals surface area contributed by atoms with Crippen LogP contribution in [0.3, 0.4) is 0 Å². The van der Waals surface area contributed by atoms with Crippen LogP contribution in [0.25, 0.3) is 11.1 Å². The molecule has 1 heterocycles. The van der Waals surface area contributed by atoms with E-state index in [1.807, 2.05) is 24.3 Å². The van der Waals surface area contributed by atoms with Gasteiger partial charge in [-0.2, -0.15) is 0 Å². The van der Waals surface area contributed by atoms with Crippen LogP contribution in [-0.4, -0.2) is 53.2 Å². The van der Waals surface area contributed by atoms with Crippen LogP contribution in [0.15, 0.2) is 48.5 Å². The molecule has 2 saturated carbocycles. The number of carboxylic acid groups (broad SMARTS) is 1. The second-order valence-corrected chi connectivity index (χ2v) is 10.5. The zero-order valence-electron chi connectivity index (χ0n) is 19.6. The smallest absolute Gasteiger partial charge is 0.407 e. The van der Waals surface area contributed by atoms with Crippen molar-refractivity contribution in [2.75, 3.05) is 13.2 Å². The maximum atomic E-state index is 13.4. The number of hydrogen-bond acceptors (Lipinski definition) is 4. The van der Waals surface area contributed by atoms with Crippen LogP contribution in [0.4, 0.5) is 4.79 Å². The van der Waals surface area contributed by atoms with Crippen molar-refractivity contribution < 1.29 is 24.2 Å². The van der Waals surface area contributed by atoms with Gasteiger partial charge >= 0.3 is 12.1 Å². The van der Waals surface area contributed by atoms with E-state index < -0.39 is 23.5 Å². The molecule has 1 aliphatic heterocycles. The lowest BCUT2D eigenvalue weighted by Gasteiger charge is -2.35. The molecule has 3 fully saturated rings. The largest absolute Gasteiger partial charge is 0.480 e. The summed E-state index contributed by atoms with van der Waals surface area (Å²) in [4.78, 5) is 39.3. The Morgan fingerprint density at radius 1 is 1.00 bits per heavy atom. The second-order valence-electron chi connectivity index (χ2n) is 10.5. The van der Waals surface area contributed by atoms with Crippen LogP contribution < -0.4 is 5.32 Å². The lowest BCUT2D eigenvalue weighted by Crippen LogP contribution is -2.51. The summed E-state index contributed by atoms with van der Waals surface area (Å²) in [5.74, 6) is -0.736. The third-order valence-electron chi connectivity index (χ3n) is 8.55. The molecule has 35 heavy (non-hydrogen) atoms. The molecule has 2 N–H and O–H groups in total. The summed E-state index contributed by atoms with van der Waals surface area (Å²) in [7, 11) is 0. The highest BCUT2D eigenvalue weighted by Gasteiger charge is 2.66. The summed E-state index contributed by atoms with van der Waals surface area (Å²) >= 11 is 0. The van der Waals surface area contributed by atoms with Gasteiger partial charge in [-0.25, -0.2) is 9.59 Å². The van der Waals surface area contributed by atoms with E-state index in [4.69, 9.17) is 4.74 Å². The van der Waals surface area contributed by atoms with E-state index in [-0.39, 0.29) is 30.4 Å². The molecule has 0 spiro atoms. The molecule has 182 valence electrons. The van der Waals surface area contributed by atoms with Gasteiger partial charge in [0.2, 0.25) is 5.91 Å². The summed E-state index contributed by atoms with van der Waals surface area (Å²) in [6.07, 6.45) is 3.83. The first-order valence-electron chi connectivity index (χ1n) is 12.6. The first kappa shape index (κ1) is 22.1. The van der Waals surface area contributed by atoms with Crippen molar-refractivity contribution in [3.05, 3.63) is 59.7 Å². The highest BCUT2D eigenvalue weighted by Crippen LogP contribution is 2.64. The SMILES string of the molecule is O=C(N[C@@H]1C[C@H]2C[C@@]2(C(=O)N2CCCCC2C(=O)O)C1)OCC1c2ccccc2-c2ccccc21. The van der Waals surface area contributed by atoms with Crippen LogP contribution in [0.5, 0.6) is 0 Å². The van der Waals surface area contributed by atoms with Gasteiger partial charge in [-0.3, -0.25) is 4.79 Å². The van der Waals surface area contributed by atoms with Gasteiger partial charge in [0.1, 0.15) is 12.6 Å². The van der Waals surface area contributed by atoms with Gasteiger partial charge in [0.25, 0.3) is 0 Å². The Hall–Kier alpha value is -3.35. The molecule has 7 nitrogen and oxygen atoms in total. The molecule has 2 aromatic carbocycles. The number of piperidine rings is 1. The van der Waals surface area contributed by atoms with Crippen molar-refractivity contribution in [3.8, 4) is 11.1 Å². The minimum Gasteiger partial charge on any atom is -0.480 e. The predicted molar refractivity (Wildman–Crippen MR) is 129 cm³/mol. The molecule has 4 aliphatic rings. The van der Waals surface area contributed by atoms with Crippen molar-refractivity contribution in [1.82, 2.24) is 10.2 Å². The summed E-state index contributed by atoms with van der Waals surface area (Å²) in [5, 5.41) is 12.6. The Labute approximate surface area is 204 Å². The quantitative estimate of drug-likeness (QED) is 0.679. The van der Waals surface area contributed by atoms with Crippen LogP contribution in [0.1, 0.15) is 55.6 Å². The van der Waals surface area contributed by atoms with E-state index in [9.17, 15) is 19.5 Å². The minimum atomic E-state index is -0.919. The predicted octanol–water partition coefficient (Wildman–Crippen LogP) is 4.16. The minimum absolute atomic E-state index is 0.00473. The fraction of sp³-hybridized carbons (Fsp3) is 0.464. The Morgan fingerprint density at radius 2 is 1.69 bits per heavy atom. The lowest BCUT2D eigenvalue weighted by molar-refractivity contribution is -0.154. The average molecular weight is 475 g/mol. The fourth-order valence-electron chi connectivity index (χ4n) is 6.79. The molecule has 0 aromatic heterocycles. The second kappa shape index (κ2) is 8.40. The summed E-state index contributed by atoms with van der Waals surface area (Å²) in [6, 6.07) is 15.6. The van der Waals surface area contributed by atoms with Gasteiger partial charge in [-0.1, -0.05) is 48.5 Å². The van der Waals surface area contributed by atoms with Gasteiger partial charge in [0, 0.05) is 18.5 Å². The Bertz CT molecular complexity index is 1150. The van der Waals surface area contributed by atoms with E-state index in [2.05, 4.69) is 29.6 Å². The standard InChI is InChI=1S/C28H30N2O5/c31-25(32)24-11-5-6-12-30(24)26(33)28-14-17(28)13-18(15-28)29-27(34)35-16-23-21-9-3-1-7-19(21)20-8-2-4-10-22(20)23/h1-4,7-10,17-18,23-24H,5-6,11-16H2,(H,29,34)(H,31,32)/t17-,18+,24?,28+/m0/s1. The van der Waals surface area contributed by atoms with Crippen LogP contribution in [0.2, 0.25) is 0 Å². The van der Waals surface area contributed by atoms with Gasteiger partial charge in [0.05, 0.1) is 5.41 Å². The van der Waals surface area contributed by atoms with Gasteiger partial charge in [-0.05, 0) is 66.7 Å². The van der Waals surface area contributed by atoms with E-state index in [1.54, 1.807) is 4.90 Å². The molecule has 7 heteroatoms. The zero-order valence-corrected chi connectivity index (χ0v) is 19.6. The molecule has 6 rings (SSSR count). The summed E-state index contributed by atoms with van der Waals surface area (Å²) < 4.78 is 5.69. The molecule has 2 amide bonds. The van der Waals surface area contributed by atoms with Gasteiger partial charge in [-0.15, -0.1) is 0 Å². The molecular formula is C28H30N2O5. The summed E-state index contributed by atoms with van der Waals surface area (Å²) in [5.41, 5.74) is 4.20. The number of nitrogens with zero attached hydrogens (tertiary/aromatic N) is 1. The maximum Gasteiger partial charge on any atom is 0.407 e. The molecule has 4 atom stereocenters. The number of carboxylic acids is 1. The average Bonchev–Trinajstić information content (AvgIpc) is 3.30. The maximum absolute atomic E-state index is 13.4. The number of rotatable bonds is 5. The highest BCUT2D eigenvalue weighted by molar-refractivity contribution is 5.90. The number of benzene rings is 2. The number of aliphatic carboxylic acids is 1. The molecule has 3 aliphatic carbocycles. The van der Waals surface area contributed by atoms with E-state index >= 15 is 0 Å². The number of fused-ring (bicyclic) bond motifs is 4. The number of hydrogen-bond donors (Lipinski definition) is 2. The van der Waals surface area contributed by atoms with Crippen molar-refractivity contribution >= 4 is 18.0 Å². The molecule has 1 saturated heterocycles. The normalized spacial score (nSPS) is 28.6. The zero-order chi connectivity index (χ0) is 24.2. The molecule has 0 radical (unpaired) electrons. The number of amides is 2. The number of ether oxygens (including phenoxy) is 1. The molecule has 2 aromatic rings. The van der Waals surface area contributed by atoms with Gasteiger partial charge in [0.15, 0.2) is 0 Å². The monoisotopic (exact) mass is 474 g/mol. The van der Waals surface area contributed by atoms with Crippen molar-refractivity contribution in [1.29, 1.82) is 0 Å². The van der Waals surface area contributed by atoms with Crippen molar-refractivity contribution in [3.63, 3.8) is 0 Å².